The number of carboxylic acid groups (broad SMARTS) is 1. The van der Waals surface area contributed by atoms with E-state index in [-0.39, 0.29) is 18.1 Å². The minimum Gasteiger partial charge on any atom is -0.465 e. The first-order valence-corrected chi connectivity index (χ1v) is 11.8. The van der Waals surface area contributed by atoms with Crippen molar-refractivity contribution in [1.82, 2.24) is 15.4 Å². The van der Waals surface area contributed by atoms with E-state index in [1.807, 2.05) is 33.2 Å². The van der Waals surface area contributed by atoms with Crippen LogP contribution in [0.5, 0.6) is 0 Å². The summed E-state index contributed by atoms with van der Waals surface area (Å²) in [6, 6.07) is 9.53. The van der Waals surface area contributed by atoms with Gasteiger partial charge in [0.15, 0.2) is 5.58 Å². The third-order valence-electron chi connectivity index (χ3n) is 6.23. The highest BCUT2D eigenvalue weighted by Gasteiger charge is 2.23. The smallest absolute Gasteiger partial charge is 0.407 e. The molecular weight excluding hydrogens is 451 g/mol. The van der Waals surface area contributed by atoms with Gasteiger partial charge in [0, 0.05) is 24.2 Å². The molecule has 3 N–H and O–H groups in total. The zero-order valence-corrected chi connectivity index (χ0v) is 20.4. The van der Waals surface area contributed by atoms with Gasteiger partial charge in [-0.1, -0.05) is 11.2 Å². The Hall–Kier alpha value is -3.46. The van der Waals surface area contributed by atoms with Gasteiger partial charge in [-0.15, -0.1) is 0 Å². The van der Waals surface area contributed by atoms with Crippen molar-refractivity contribution in [2.24, 2.45) is 5.92 Å². The SMILES string of the molecule is CNC.Cc1c(CC(=O)Nc2ccc(F)cc2)ccc2c(CCC3CCN(C(=O)O)CC3)noc12. The molecule has 2 aromatic carbocycles. The average molecular weight is 485 g/mol. The summed E-state index contributed by atoms with van der Waals surface area (Å²) >= 11 is 0. The summed E-state index contributed by atoms with van der Waals surface area (Å²) in [4.78, 5) is 24.9. The summed E-state index contributed by atoms with van der Waals surface area (Å²) in [5.41, 5.74) is 3.86. The third kappa shape index (κ3) is 7.02. The van der Waals surface area contributed by atoms with Crippen molar-refractivity contribution >= 4 is 28.7 Å². The van der Waals surface area contributed by atoms with Crippen LogP contribution in [0.15, 0.2) is 40.9 Å². The number of carbonyl (C=O) groups is 2. The average Bonchev–Trinajstić information content (AvgIpc) is 3.25. The predicted molar refractivity (Wildman–Crippen MR) is 133 cm³/mol. The van der Waals surface area contributed by atoms with Gasteiger partial charge in [0.05, 0.1) is 12.1 Å². The summed E-state index contributed by atoms with van der Waals surface area (Å²) in [7, 11) is 3.75. The van der Waals surface area contributed by atoms with Gasteiger partial charge in [-0.25, -0.2) is 9.18 Å². The van der Waals surface area contributed by atoms with Gasteiger partial charge in [0.2, 0.25) is 5.91 Å². The second-order valence-corrected chi connectivity index (χ2v) is 8.84. The molecule has 1 aliphatic rings. The Labute approximate surface area is 204 Å². The van der Waals surface area contributed by atoms with E-state index in [1.165, 1.54) is 29.2 Å². The van der Waals surface area contributed by atoms with Crippen molar-refractivity contribution in [3.63, 3.8) is 0 Å². The minimum absolute atomic E-state index is 0.178. The number of likely N-dealkylation sites (tertiary alicyclic amines) is 1. The van der Waals surface area contributed by atoms with Crippen LogP contribution in [-0.2, 0) is 17.6 Å². The zero-order chi connectivity index (χ0) is 25.4. The van der Waals surface area contributed by atoms with Gasteiger partial charge in [0.25, 0.3) is 0 Å². The zero-order valence-electron chi connectivity index (χ0n) is 20.4. The molecule has 0 radical (unpaired) electrons. The number of halogens is 1. The fourth-order valence-corrected chi connectivity index (χ4v) is 4.26. The first-order chi connectivity index (χ1) is 16.8. The molecule has 1 aromatic heterocycles. The molecular formula is C26H33FN4O4. The van der Waals surface area contributed by atoms with E-state index in [1.54, 1.807) is 0 Å². The molecule has 0 bridgehead atoms. The number of fused-ring (bicyclic) bond motifs is 1. The Kier molecular flexibility index (Phi) is 9.19. The van der Waals surface area contributed by atoms with Crippen molar-refractivity contribution in [3.05, 3.63) is 59.0 Å². The number of anilines is 1. The molecule has 188 valence electrons. The van der Waals surface area contributed by atoms with Crippen LogP contribution in [0.1, 0.15) is 36.1 Å². The molecule has 1 saturated heterocycles. The van der Waals surface area contributed by atoms with E-state index in [0.29, 0.717) is 30.3 Å². The summed E-state index contributed by atoms with van der Waals surface area (Å²) < 4.78 is 18.6. The maximum atomic E-state index is 13.0. The van der Waals surface area contributed by atoms with Crippen LogP contribution in [0.25, 0.3) is 11.0 Å². The van der Waals surface area contributed by atoms with Crippen LogP contribution in [-0.4, -0.2) is 54.3 Å². The molecule has 0 aliphatic carbocycles. The molecule has 3 aromatic rings. The van der Waals surface area contributed by atoms with Gasteiger partial charge >= 0.3 is 6.09 Å². The molecule has 0 saturated carbocycles. The molecule has 4 rings (SSSR count). The maximum absolute atomic E-state index is 13.0. The van der Waals surface area contributed by atoms with Gasteiger partial charge in [-0.2, -0.15) is 0 Å². The topological polar surface area (TPSA) is 108 Å². The Morgan fingerprint density at radius 2 is 1.80 bits per heavy atom. The molecule has 2 amide bonds. The quantitative estimate of drug-likeness (QED) is 0.471. The predicted octanol–water partition coefficient (Wildman–Crippen LogP) is 4.61. The number of carbonyl (C=O) groups excluding carboxylic acids is 1. The molecule has 1 fully saturated rings. The summed E-state index contributed by atoms with van der Waals surface area (Å²) in [5, 5.41) is 19.8. The monoisotopic (exact) mass is 484 g/mol. The van der Waals surface area contributed by atoms with E-state index in [4.69, 9.17) is 9.63 Å². The van der Waals surface area contributed by atoms with Crippen LogP contribution >= 0.6 is 0 Å². The molecule has 2 heterocycles. The first-order valence-electron chi connectivity index (χ1n) is 11.8. The van der Waals surface area contributed by atoms with Gasteiger partial charge < -0.3 is 25.2 Å². The van der Waals surface area contributed by atoms with Crippen LogP contribution in [0.2, 0.25) is 0 Å². The van der Waals surface area contributed by atoms with Crippen LogP contribution in [0.4, 0.5) is 14.9 Å². The highest BCUT2D eigenvalue weighted by Crippen LogP contribution is 2.28. The molecule has 0 unspecified atom stereocenters. The number of hydrogen-bond acceptors (Lipinski definition) is 5. The number of aromatic nitrogens is 1. The van der Waals surface area contributed by atoms with Gasteiger partial charge in [-0.05, 0) is 94.1 Å². The van der Waals surface area contributed by atoms with Crippen molar-refractivity contribution < 1.29 is 23.6 Å². The van der Waals surface area contributed by atoms with Gasteiger partial charge in [-0.3, -0.25) is 4.79 Å². The van der Waals surface area contributed by atoms with Crippen LogP contribution in [0.3, 0.4) is 0 Å². The largest absolute Gasteiger partial charge is 0.465 e. The number of rotatable bonds is 6. The summed E-state index contributed by atoms with van der Waals surface area (Å²) in [6.07, 6.45) is 2.79. The standard InChI is InChI=1S/C24H26FN3O4.C2H7N/c1-15-17(14-22(29)26-19-6-4-18(25)5-7-19)3-8-20-21(27-32-23(15)20)9-2-16-10-12-28(13-11-16)24(30)31;1-3-2/h3-8,16H,2,9-14H2,1H3,(H,26,29)(H,30,31);3H,1-2H3. The molecule has 1 aliphatic heterocycles. The van der Waals surface area contributed by atoms with E-state index in [0.717, 1.165) is 47.9 Å². The van der Waals surface area contributed by atoms with Crippen molar-refractivity contribution in [3.8, 4) is 0 Å². The molecule has 9 heteroatoms. The molecule has 0 atom stereocenters. The van der Waals surface area contributed by atoms with Gasteiger partial charge in [0.1, 0.15) is 5.82 Å². The van der Waals surface area contributed by atoms with Crippen molar-refractivity contribution in [2.45, 2.75) is 39.0 Å². The van der Waals surface area contributed by atoms with Crippen molar-refractivity contribution in [2.75, 3.05) is 32.5 Å². The van der Waals surface area contributed by atoms with E-state index < -0.39 is 6.09 Å². The van der Waals surface area contributed by atoms with E-state index >= 15 is 0 Å². The number of nitrogens with one attached hydrogen (secondary N) is 2. The minimum atomic E-state index is -0.844. The van der Waals surface area contributed by atoms with E-state index in [9.17, 15) is 14.0 Å². The number of nitrogens with zero attached hydrogens (tertiary/aromatic N) is 2. The number of benzene rings is 2. The lowest BCUT2D eigenvalue weighted by atomic mass is 9.91. The first kappa shape index (κ1) is 26.2. The lowest BCUT2D eigenvalue weighted by Gasteiger charge is -2.29. The molecule has 8 nitrogen and oxygen atoms in total. The summed E-state index contributed by atoms with van der Waals surface area (Å²) in [6.45, 7) is 3.09. The lowest BCUT2D eigenvalue weighted by molar-refractivity contribution is -0.115. The number of aryl methyl sites for hydroxylation is 2. The second kappa shape index (κ2) is 12.3. The normalized spacial score (nSPS) is 13.9. The highest BCUT2D eigenvalue weighted by molar-refractivity contribution is 5.93. The number of amides is 2. The molecule has 35 heavy (non-hydrogen) atoms. The van der Waals surface area contributed by atoms with Crippen LogP contribution < -0.4 is 10.6 Å². The van der Waals surface area contributed by atoms with Crippen LogP contribution in [0, 0.1) is 18.7 Å². The Bertz CT molecular complexity index is 1140. The fraction of sp³-hybridized carbons (Fsp3) is 0.423. The number of hydrogen-bond donors (Lipinski definition) is 3. The Morgan fingerprint density at radius 3 is 2.43 bits per heavy atom. The second-order valence-electron chi connectivity index (χ2n) is 8.84. The number of piperidine rings is 1. The maximum Gasteiger partial charge on any atom is 0.407 e. The lowest BCUT2D eigenvalue weighted by Crippen LogP contribution is -2.37. The van der Waals surface area contributed by atoms with Crippen molar-refractivity contribution in [1.29, 1.82) is 0 Å². The van der Waals surface area contributed by atoms with E-state index in [2.05, 4.69) is 15.8 Å². The fourth-order valence-electron chi connectivity index (χ4n) is 4.26. The Morgan fingerprint density at radius 1 is 1.14 bits per heavy atom. The highest BCUT2D eigenvalue weighted by atomic mass is 19.1. The Balaban J connectivity index is 0.00000108. The summed E-state index contributed by atoms with van der Waals surface area (Å²) in [5.74, 6) is -0.0597. The molecule has 0 spiro atoms. The third-order valence-corrected chi connectivity index (χ3v) is 6.23.